The molecule has 0 amide bonds. The van der Waals surface area contributed by atoms with Crippen molar-refractivity contribution in [2.45, 2.75) is 13.5 Å². The van der Waals surface area contributed by atoms with E-state index in [1.165, 1.54) is 18.4 Å². The summed E-state index contributed by atoms with van der Waals surface area (Å²) in [6, 6.07) is 5.06. The van der Waals surface area contributed by atoms with Crippen molar-refractivity contribution in [2.24, 2.45) is 10.2 Å². The Kier molecular flexibility index (Phi) is 4.94. The first kappa shape index (κ1) is 15.1. The van der Waals surface area contributed by atoms with E-state index in [-0.39, 0.29) is 5.75 Å². The Morgan fingerprint density at radius 1 is 1.48 bits per heavy atom. The molecule has 1 aromatic heterocycles. The van der Waals surface area contributed by atoms with Crippen LogP contribution in [0.3, 0.4) is 0 Å². The second-order valence-corrected chi connectivity index (χ2v) is 5.17. The van der Waals surface area contributed by atoms with Crippen LogP contribution in [0, 0.1) is 6.92 Å². The van der Waals surface area contributed by atoms with E-state index in [0.717, 1.165) is 16.1 Å². The number of benzene rings is 1. The molecular formula is C15H17N3O2S. The van der Waals surface area contributed by atoms with Crippen LogP contribution in [-0.4, -0.2) is 23.0 Å². The van der Waals surface area contributed by atoms with Crippen molar-refractivity contribution >= 4 is 17.6 Å². The van der Waals surface area contributed by atoms with Gasteiger partial charge < -0.3 is 14.4 Å². The SMILES string of the molecule is C=CCn1c(C)cs/c1=N\N=C/c1ccc(OC)c(O)c1. The zero-order valence-corrected chi connectivity index (χ0v) is 12.8. The second kappa shape index (κ2) is 6.90. The van der Waals surface area contributed by atoms with Gasteiger partial charge in [0.2, 0.25) is 4.80 Å². The Balaban J connectivity index is 2.24. The van der Waals surface area contributed by atoms with Crippen LogP contribution >= 0.6 is 11.3 Å². The normalized spacial score (nSPS) is 12.0. The molecule has 21 heavy (non-hydrogen) atoms. The smallest absolute Gasteiger partial charge is 0.211 e. The van der Waals surface area contributed by atoms with Crippen molar-refractivity contribution in [1.29, 1.82) is 0 Å². The third kappa shape index (κ3) is 3.61. The van der Waals surface area contributed by atoms with Gasteiger partial charge in [-0.15, -0.1) is 23.0 Å². The Bertz CT molecular complexity index is 729. The van der Waals surface area contributed by atoms with Crippen LogP contribution in [0.25, 0.3) is 0 Å². The fourth-order valence-electron chi connectivity index (χ4n) is 1.78. The van der Waals surface area contributed by atoms with E-state index < -0.39 is 0 Å². The predicted octanol–water partition coefficient (Wildman–Crippen LogP) is 2.69. The van der Waals surface area contributed by atoms with E-state index in [9.17, 15) is 5.11 Å². The fourth-order valence-corrected chi connectivity index (χ4v) is 2.62. The number of hydrogen-bond acceptors (Lipinski definition) is 5. The van der Waals surface area contributed by atoms with Crippen molar-refractivity contribution in [3.8, 4) is 11.5 Å². The monoisotopic (exact) mass is 303 g/mol. The molecule has 5 nitrogen and oxygen atoms in total. The zero-order chi connectivity index (χ0) is 15.2. The number of nitrogens with zero attached hydrogens (tertiary/aromatic N) is 3. The van der Waals surface area contributed by atoms with Crippen molar-refractivity contribution < 1.29 is 9.84 Å². The lowest BCUT2D eigenvalue weighted by molar-refractivity contribution is 0.373. The molecule has 1 N–H and O–H groups in total. The highest BCUT2D eigenvalue weighted by molar-refractivity contribution is 7.07. The minimum atomic E-state index is 0.0788. The highest BCUT2D eigenvalue weighted by Crippen LogP contribution is 2.25. The van der Waals surface area contributed by atoms with Crippen molar-refractivity contribution in [3.05, 3.63) is 52.3 Å². The number of ether oxygens (including phenoxy) is 1. The van der Waals surface area contributed by atoms with Crippen LogP contribution in [0.5, 0.6) is 11.5 Å². The van der Waals surface area contributed by atoms with Gasteiger partial charge in [-0.1, -0.05) is 6.08 Å². The predicted molar refractivity (Wildman–Crippen MR) is 85.1 cm³/mol. The zero-order valence-electron chi connectivity index (χ0n) is 12.0. The molecule has 1 heterocycles. The van der Waals surface area contributed by atoms with Crippen molar-refractivity contribution in [1.82, 2.24) is 4.57 Å². The van der Waals surface area contributed by atoms with Crippen LogP contribution in [0.2, 0.25) is 0 Å². The van der Waals surface area contributed by atoms with Crippen LogP contribution < -0.4 is 9.54 Å². The number of methoxy groups -OCH3 is 1. The van der Waals surface area contributed by atoms with Gasteiger partial charge in [0.15, 0.2) is 11.5 Å². The van der Waals surface area contributed by atoms with Crippen LogP contribution in [-0.2, 0) is 6.54 Å². The summed E-state index contributed by atoms with van der Waals surface area (Å²) in [6.45, 7) is 6.46. The average Bonchev–Trinajstić information content (AvgIpc) is 2.81. The summed E-state index contributed by atoms with van der Waals surface area (Å²) in [6.07, 6.45) is 3.41. The minimum Gasteiger partial charge on any atom is -0.504 e. The maximum Gasteiger partial charge on any atom is 0.211 e. The fraction of sp³-hybridized carbons (Fsp3) is 0.200. The van der Waals surface area contributed by atoms with Crippen molar-refractivity contribution in [3.63, 3.8) is 0 Å². The lowest BCUT2D eigenvalue weighted by Crippen LogP contribution is -2.14. The average molecular weight is 303 g/mol. The largest absolute Gasteiger partial charge is 0.504 e. The number of aromatic hydroxyl groups is 1. The lowest BCUT2D eigenvalue weighted by Gasteiger charge is -2.02. The molecule has 6 heteroatoms. The van der Waals surface area contributed by atoms with E-state index in [1.54, 1.807) is 24.4 Å². The second-order valence-electron chi connectivity index (χ2n) is 4.33. The molecule has 0 aliphatic rings. The van der Waals surface area contributed by atoms with Gasteiger partial charge in [0.05, 0.1) is 13.3 Å². The van der Waals surface area contributed by atoms with E-state index in [1.807, 2.05) is 22.9 Å². The molecule has 0 spiro atoms. The van der Waals surface area contributed by atoms with Gasteiger partial charge in [0.25, 0.3) is 0 Å². The Hall–Kier alpha value is -2.34. The number of phenols is 1. The Labute approximate surface area is 127 Å². The Morgan fingerprint density at radius 2 is 2.29 bits per heavy atom. The summed E-state index contributed by atoms with van der Waals surface area (Å²) < 4.78 is 7.02. The molecule has 1 aromatic carbocycles. The number of hydrogen-bond donors (Lipinski definition) is 1. The lowest BCUT2D eigenvalue weighted by atomic mass is 10.2. The maximum absolute atomic E-state index is 9.69. The van der Waals surface area contributed by atoms with Gasteiger partial charge in [-0.3, -0.25) is 0 Å². The van der Waals surface area contributed by atoms with E-state index in [2.05, 4.69) is 16.8 Å². The number of rotatable bonds is 5. The van der Waals surface area contributed by atoms with Crippen LogP contribution in [0.1, 0.15) is 11.3 Å². The first-order chi connectivity index (χ1) is 10.2. The summed E-state index contributed by atoms with van der Waals surface area (Å²) in [5.41, 5.74) is 1.87. The van der Waals surface area contributed by atoms with Gasteiger partial charge in [-0.2, -0.15) is 5.10 Å². The Morgan fingerprint density at radius 3 is 2.95 bits per heavy atom. The van der Waals surface area contributed by atoms with Crippen LogP contribution in [0.4, 0.5) is 0 Å². The first-order valence-electron chi connectivity index (χ1n) is 6.35. The molecule has 0 unspecified atom stereocenters. The van der Waals surface area contributed by atoms with E-state index in [4.69, 9.17) is 4.74 Å². The molecular weight excluding hydrogens is 286 g/mol. The molecule has 2 rings (SSSR count). The molecule has 0 aliphatic carbocycles. The van der Waals surface area contributed by atoms with Crippen LogP contribution in [0.15, 0.2) is 46.4 Å². The molecule has 0 aliphatic heterocycles. The van der Waals surface area contributed by atoms with E-state index >= 15 is 0 Å². The summed E-state index contributed by atoms with van der Waals surface area (Å²) in [5.74, 6) is 0.511. The van der Waals surface area contributed by atoms with Gasteiger partial charge in [0.1, 0.15) is 0 Å². The number of aromatic nitrogens is 1. The third-order valence-electron chi connectivity index (χ3n) is 2.86. The maximum atomic E-state index is 9.69. The highest BCUT2D eigenvalue weighted by Gasteiger charge is 2.01. The van der Waals surface area contributed by atoms with Gasteiger partial charge in [-0.25, -0.2) is 0 Å². The molecule has 0 saturated carbocycles. The standard InChI is InChI=1S/C15H17N3O2S/c1-4-7-18-11(2)10-21-15(18)17-16-9-12-5-6-14(20-3)13(19)8-12/h4-6,8-10,19H,1,7H2,2-3H3/b16-9-,17-15-. The molecule has 0 atom stereocenters. The molecule has 0 bridgehead atoms. The highest BCUT2D eigenvalue weighted by atomic mass is 32.1. The summed E-state index contributed by atoms with van der Waals surface area (Å²) in [4.78, 5) is 0.807. The molecule has 0 radical (unpaired) electrons. The quantitative estimate of drug-likeness (QED) is 0.524. The topological polar surface area (TPSA) is 59.1 Å². The van der Waals surface area contributed by atoms with E-state index in [0.29, 0.717) is 12.3 Å². The number of aryl methyl sites for hydroxylation is 1. The number of thiazole rings is 1. The summed E-state index contributed by atoms with van der Waals surface area (Å²) in [7, 11) is 1.51. The number of allylic oxidation sites excluding steroid dienone is 1. The molecule has 2 aromatic rings. The minimum absolute atomic E-state index is 0.0788. The third-order valence-corrected chi connectivity index (χ3v) is 3.83. The molecule has 0 fully saturated rings. The summed E-state index contributed by atoms with van der Waals surface area (Å²) in [5, 5.41) is 20.0. The number of phenolic OH excluding ortho intramolecular Hbond substituents is 1. The molecule has 0 saturated heterocycles. The van der Waals surface area contributed by atoms with Gasteiger partial charge in [0, 0.05) is 17.6 Å². The summed E-state index contributed by atoms with van der Waals surface area (Å²) >= 11 is 1.53. The van der Waals surface area contributed by atoms with Crippen molar-refractivity contribution in [2.75, 3.05) is 7.11 Å². The molecule has 110 valence electrons. The van der Waals surface area contributed by atoms with Gasteiger partial charge >= 0.3 is 0 Å². The first-order valence-corrected chi connectivity index (χ1v) is 7.23. The van der Waals surface area contributed by atoms with Gasteiger partial charge in [-0.05, 0) is 30.7 Å².